The van der Waals surface area contributed by atoms with Gasteiger partial charge in [-0.2, -0.15) is 0 Å². The Kier molecular flexibility index (Phi) is 5.90. The molecule has 5 nitrogen and oxygen atoms in total. The van der Waals surface area contributed by atoms with Crippen LogP contribution in [0.3, 0.4) is 0 Å². The van der Waals surface area contributed by atoms with Crippen LogP contribution >= 0.6 is 19.3 Å². The molecule has 1 atom stereocenters. The molecule has 1 aliphatic rings. The number of aliphatic hydroxyl groups is 1. The molecular formula is C21H24N3O2PS. The molecule has 0 bridgehead atoms. The number of anilines is 1. The second-order valence-electron chi connectivity index (χ2n) is 6.56. The van der Waals surface area contributed by atoms with E-state index in [1.165, 1.54) is 14.8 Å². The van der Waals surface area contributed by atoms with Crippen LogP contribution in [0.4, 0.5) is 5.69 Å². The lowest BCUT2D eigenvalue weighted by Crippen LogP contribution is -2.22. The molecule has 0 saturated heterocycles. The maximum Gasteiger partial charge on any atom is 0.159 e. The minimum absolute atomic E-state index is 0.219. The van der Waals surface area contributed by atoms with Crippen LogP contribution in [0.25, 0.3) is 17.1 Å². The number of hydrogen-bond acceptors (Lipinski definition) is 6. The molecule has 7 heteroatoms. The third kappa shape index (κ3) is 3.52. The molecule has 1 aliphatic heterocycles. The van der Waals surface area contributed by atoms with Gasteiger partial charge in [0.1, 0.15) is 5.52 Å². The first-order valence-corrected chi connectivity index (χ1v) is 12.1. The quantitative estimate of drug-likeness (QED) is 0.594. The minimum Gasteiger partial charge on any atom is -0.396 e. The fraction of sp³-hybridized carbons (Fsp3) is 0.286. The van der Waals surface area contributed by atoms with E-state index in [1.807, 2.05) is 11.8 Å². The highest BCUT2D eigenvalue weighted by atomic mass is 32.2. The molecule has 1 aromatic heterocycles. The van der Waals surface area contributed by atoms with Crippen LogP contribution < -0.4 is 10.2 Å². The van der Waals surface area contributed by atoms with Crippen molar-refractivity contribution in [1.82, 2.24) is 10.3 Å². The molecule has 0 spiro atoms. The van der Waals surface area contributed by atoms with Crippen LogP contribution in [0.5, 0.6) is 0 Å². The first kappa shape index (κ1) is 19.3. The molecule has 146 valence electrons. The number of fused-ring (bicyclic) bond motifs is 2. The average Bonchev–Trinajstić information content (AvgIpc) is 3.34. The van der Waals surface area contributed by atoms with E-state index in [1.54, 1.807) is 0 Å². The van der Waals surface area contributed by atoms with Gasteiger partial charge in [-0.25, -0.2) is 4.63 Å². The van der Waals surface area contributed by atoms with Gasteiger partial charge in [-0.15, -0.1) is 0 Å². The fourth-order valence-electron chi connectivity index (χ4n) is 3.61. The van der Waals surface area contributed by atoms with Crippen LogP contribution in [-0.4, -0.2) is 45.9 Å². The molecule has 0 saturated carbocycles. The lowest BCUT2D eigenvalue weighted by atomic mass is 10.1. The summed E-state index contributed by atoms with van der Waals surface area (Å²) >= 11 is 1.82. The Labute approximate surface area is 169 Å². The van der Waals surface area contributed by atoms with Crippen molar-refractivity contribution in [2.75, 3.05) is 30.8 Å². The molecule has 0 amide bonds. The number of nitrogens with zero attached hydrogens (tertiary/aromatic N) is 3. The van der Waals surface area contributed by atoms with E-state index in [9.17, 15) is 5.11 Å². The van der Waals surface area contributed by atoms with E-state index >= 15 is 0 Å². The van der Waals surface area contributed by atoms with Gasteiger partial charge in [0.05, 0.1) is 5.69 Å². The summed E-state index contributed by atoms with van der Waals surface area (Å²) in [5, 5.41) is 19.3. The van der Waals surface area contributed by atoms with E-state index in [4.69, 9.17) is 4.63 Å². The smallest absolute Gasteiger partial charge is 0.159 e. The molecule has 2 heterocycles. The Balaban J connectivity index is 1.71. The van der Waals surface area contributed by atoms with E-state index in [-0.39, 0.29) is 6.61 Å². The van der Waals surface area contributed by atoms with Gasteiger partial charge in [0.15, 0.2) is 5.52 Å². The summed E-state index contributed by atoms with van der Waals surface area (Å²) in [4.78, 5) is 3.57. The first-order chi connectivity index (χ1) is 13.8. The lowest BCUT2D eigenvalue weighted by Gasteiger charge is -2.20. The summed E-state index contributed by atoms with van der Waals surface area (Å²) < 4.78 is 6.41. The summed E-state index contributed by atoms with van der Waals surface area (Å²) in [5.74, 6) is 0. The monoisotopic (exact) mass is 413 g/mol. The summed E-state index contributed by atoms with van der Waals surface area (Å²) in [6.07, 6.45) is 5.13. The van der Waals surface area contributed by atoms with Gasteiger partial charge in [0.25, 0.3) is 0 Å². The third-order valence-corrected chi connectivity index (χ3v) is 9.76. The van der Waals surface area contributed by atoms with Crippen LogP contribution in [-0.2, 0) is 0 Å². The zero-order valence-corrected chi connectivity index (χ0v) is 17.9. The molecular weight excluding hydrogens is 389 g/mol. The van der Waals surface area contributed by atoms with Crippen LogP contribution in [0, 0.1) is 0 Å². The molecule has 4 rings (SSSR count). The Morgan fingerprint density at radius 2 is 1.86 bits per heavy atom. The van der Waals surface area contributed by atoms with Crippen molar-refractivity contribution in [3.63, 3.8) is 0 Å². The normalized spacial score (nSPS) is 16.2. The van der Waals surface area contributed by atoms with E-state index < -0.39 is 7.55 Å². The molecule has 1 unspecified atom stereocenters. The number of rotatable bonds is 7. The number of hydrogen-bond donors (Lipinski definition) is 1. The van der Waals surface area contributed by atoms with Crippen molar-refractivity contribution in [1.29, 1.82) is 0 Å². The van der Waals surface area contributed by atoms with E-state index in [0.29, 0.717) is 0 Å². The SMILES string of the molecule is CCN(CC)c1ccc(/C=C/C2=[PH](CCO)c3ccccc3S2)c2nonc12. The highest BCUT2D eigenvalue weighted by Crippen LogP contribution is 2.42. The number of benzene rings is 2. The van der Waals surface area contributed by atoms with Crippen LogP contribution in [0.2, 0.25) is 0 Å². The van der Waals surface area contributed by atoms with Gasteiger partial charge in [-0.3, -0.25) is 0 Å². The van der Waals surface area contributed by atoms with Gasteiger partial charge in [-0.1, -0.05) is 49.6 Å². The van der Waals surface area contributed by atoms with Crippen molar-refractivity contribution >= 4 is 52.0 Å². The van der Waals surface area contributed by atoms with Crippen molar-refractivity contribution in [3.05, 3.63) is 48.0 Å². The fourth-order valence-corrected chi connectivity index (χ4v) is 8.26. The number of thioether (sulfide) groups is 1. The molecule has 0 aliphatic carbocycles. The maximum absolute atomic E-state index is 9.54. The lowest BCUT2D eigenvalue weighted by molar-refractivity contribution is 0.315. The van der Waals surface area contributed by atoms with Crippen molar-refractivity contribution in [3.8, 4) is 0 Å². The highest BCUT2D eigenvalue weighted by molar-refractivity contribution is 8.23. The van der Waals surface area contributed by atoms with Gasteiger partial charge in [0, 0.05) is 34.8 Å². The molecule has 1 N–H and O–H groups in total. The topological polar surface area (TPSA) is 62.4 Å². The van der Waals surface area contributed by atoms with E-state index in [2.05, 4.69) is 77.6 Å². The molecule has 0 radical (unpaired) electrons. The predicted octanol–water partition coefficient (Wildman–Crippen LogP) is 3.85. The number of aliphatic hydroxyl groups excluding tert-OH is 1. The molecule has 3 aromatic rings. The standard InChI is InChI=1S/C21H24N3O2PS/c1-3-24(4-2)16-11-9-15(20-21(16)23-26-22-20)10-12-19-27(14-13-25)17-7-5-6-8-18(17)28-19/h5-12,25,27H,3-4,13-14H2,1-2H3/b12-10+. The summed E-state index contributed by atoms with van der Waals surface area (Å²) in [6, 6.07) is 12.7. The molecule has 0 fully saturated rings. The van der Waals surface area contributed by atoms with Crippen molar-refractivity contribution < 1.29 is 9.74 Å². The second-order valence-corrected chi connectivity index (χ2v) is 10.5. The van der Waals surface area contributed by atoms with Crippen LogP contribution in [0.15, 0.2) is 52.0 Å². The van der Waals surface area contributed by atoms with Crippen LogP contribution in [0.1, 0.15) is 19.4 Å². The van der Waals surface area contributed by atoms with Gasteiger partial charge < -0.3 is 10.0 Å². The third-order valence-electron chi connectivity index (χ3n) is 5.04. The summed E-state index contributed by atoms with van der Waals surface area (Å²) in [6.45, 7) is 6.30. The Bertz CT molecular complexity index is 1060. The maximum atomic E-state index is 9.54. The van der Waals surface area contributed by atoms with Crippen molar-refractivity contribution in [2.45, 2.75) is 18.7 Å². The van der Waals surface area contributed by atoms with Gasteiger partial charge in [-0.05, 0) is 53.8 Å². The largest absolute Gasteiger partial charge is 0.396 e. The summed E-state index contributed by atoms with van der Waals surface area (Å²) in [5.41, 5.74) is 3.65. The molecule has 2 aromatic carbocycles. The van der Waals surface area contributed by atoms with Crippen molar-refractivity contribution in [2.24, 2.45) is 0 Å². The zero-order chi connectivity index (χ0) is 19.5. The van der Waals surface area contributed by atoms with Gasteiger partial charge >= 0.3 is 0 Å². The minimum atomic E-state index is -0.921. The predicted molar refractivity (Wildman–Crippen MR) is 122 cm³/mol. The second kappa shape index (κ2) is 8.56. The van der Waals surface area contributed by atoms with Gasteiger partial charge in [0.2, 0.25) is 0 Å². The Morgan fingerprint density at radius 3 is 2.64 bits per heavy atom. The van der Waals surface area contributed by atoms with E-state index in [0.717, 1.165) is 41.5 Å². The summed E-state index contributed by atoms with van der Waals surface area (Å²) in [7, 11) is -0.921. The highest BCUT2D eigenvalue weighted by Gasteiger charge is 2.19. The number of aromatic nitrogens is 2. The average molecular weight is 413 g/mol. The Hall–Kier alpha value is -2.01. The zero-order valence-electron chi connectivity index (χ0n) is 16.1. The first-order valence-electron chi connectivity index (χ1n) is 9.56. The molecule has 28 heavy (non-hydrogen) atoms. The Morgan fingerprint density at radius 1 is 1.07 bits per heavy atom.